The number of nitrogens with zero attached hydrogens (tertiary/aromatic N) is 1. The molecule has 0 atom stereocenters. The number of aliphatic hydroxyl groups excluding tert-OH is 1. The highest BCUT2D eigenvalue weighted by Gasteiger charge is 2.16. The molecule has 1 aromatic heterocycles. The predicted molar refractivity (Wildman–Crippen MR) is 79.6 cm³/mol. The Hall–Kier alpha value is -1.44. The van der Waals surface area contributed by atoms with Crippen LogP contribution < -0.4 is 4.72 Å². The molecule has 2 aromatic rings. The molecule has 20 heavy (non-hydrogen) atoms. The van der Waals surface area contributed by atoms with Crippen molar-refractivity contribution in [1.82, 2.24) is 4.98 Å². The molecule has 0 saturated heterocycles. The summed E-state index contributed by atoms with van der Waals surface area (Å²) >= 11 is 1.31. The molecule has 1 heterocycles. The molecule has 0 radical (unpaired) electrons. The maximum atomic E-state index is 12.2. The van der Waals surface area contributed by atoms with E-state index in [2.05, 4.69) is 9.71 Å². The maximum Gasteiger partial charge on any atom is 0.263 e. The Kier molecular flexibility index (Phi) is 4.42. The molecule has 5 nitrogen and oxygen atoms in total. The van der Waals surface area contributed by atoms with Crippen molar-refractivity contribution in [1.29, 1.82) is 0 Å². The summed E-state index contributed by atoms with van der Waals surface area (Å²) < 4.78 is 26.9. The van der Waals surface area contributed by atoms with Crippen LogP contribution in [0.15, 0.2) is 29.2 Å². The fourth-order valence-corrected chi connectivity index (χ4v) is 3.70. The van der Waals surface area contributed by atoms with Crippen LogP contribution in [0.25, 0.3) is 0 Å². The van der Waals surface area contributed by atoms with E-state index < -0.39 is 10.0 Å². The second-order valence-electron chi connectivity index (χ2n) is 4.38. The van der Waals surface area contributed by atoms with Gasteiger partial charge in [0.25, 0.3) is 10.0 Å². The number of aryl methyl sites for hydroxylation is 2. The molecule has 0 bridgehead atoms. The summed E-state index contributed by atoms with van der Waals surface area (Å²) in [6.45, 7) is 3.78. The van der Waals surface area contributed by atoms with Crippen molar-refractivity contribution >= 4 is 26.5 Å². The van der Waals surface area contributed by atoms with Gasteiger partial charge in [-0.3, -0.25) is 4.72 Å². The first-order valence-corrected chi connectivity index (χ1v) is 8.39. The SMILES string of the molecule is Cc1nc(NS(=O)(=O)c2ccc(CCO)cc2)sc1C. The molecule has 0 unspecified atom stereocenters. The summed E-state index contributed by atoms with van der Waals surface area (Å²) in [6.07, 6.45) is 0.513. The highest BCUT2D eigenvalue weighted by molar-refractivity contribution is 7.93. The summed E-state index contributed by atoms with van der Waals surface area (Å²) in [4.78, 5) is 5.34. The molecule has 0 aliphatic carbocycles. The Morgan fingerprint density at radius 2 is 1.90 bits per heavy atom. The van der Waals surface area contributed by atoms with E-state index in [0.717, 1.165) is 16.1 Å². The average molecular weight is 312 g/mol. The van der Waals surface area contributed by atoms with Gasteiger partial charge in [-0.25, -0.2) is 13.4 Å². The molecule has 2 N–H and O–H groups in total. The van der Waals surface area contributed by atoms with Crippen LogP contribution in [-0.2, 0) is 16.4 Å². The third-order valence-electron chi connectivity index (χ3n) is 2.88. The lowest BCUT2D eigenvalue weighted by molar-refractivity contribution is 0.299. The van der Waals surface area contributed by atoms with Gasteiger partial charge in [0, 0.05) is 11.5 Å². The van der Waals surface area contributed by atoms with E-state index in [-0.39, 0.29) is 11.5 Å². The van der Waals surface area contributed by atoms with Crippen molar-refractivity contribution in [2.75, 3.05) is 11.3 Å². The minimum Gasteiger partial charge on any atom is -0.396 e. The highest BCUT2D eigenvalue weighted by Crippen LogP contribution is 2.24. The number of hydrogen-bond acceptors (Lipinski definition) is 5. The van der Waals surface area contributed by atoms with Crippen molar-refractivity contribution in [3.8, 4) is 0 Å². The molecule has 2 rings (SSSR count). The molecule has 108 valence electrons. The van der Waals surface area contributed by atoms with Gasteiger partial charge in [0.2, 0.25) is 0 Å². The monoisotopic (exact) mass is 312 g/mol. The average Bonchev–Trinajstić information content (AvgIpc) is 2.68. The first kappa shape index (κ1) is 15.0. The first-order chi connectivity index (χ1) is 9.42. The maximum absolute atomic E-state index is 12.2. The van der Waals surface area contributed by atoms with Crippen molar-refractivity contribution in [2.45, 2.75) is 25.2 Å². The number of aliphatic hydroxyl groups is 1. The number of nitrogens with one attached hydrogen (secondary N) is 1. The Bertz CT molecular complexity index is 671. The third-order valence-corrected chi connectivity index (χ3v) is 5.36. The lowest BCUT2D eigenvalue weighted by Gasteiger charge is -2.06. The number of anilines is 1. The Balaban J connectivity index is 2.21. The zero-order valence-corrected chi connectivity index (χ0v) is 12.9. The molecule has 0 spiro atoms. The summed E-state index contributed by atoms with van der Waals surface area (Å²) in [5.41, 5.74) is 1.72. The van der Waals surface area contributed by atoms with Gasteiger partial charge in [-0.05, 0) is 38.0 Å². The topological polar surface area (TPSA) is 79.3 Å². The van der Waals surface area contributed by atoms with Gasteiger partial charge in [-0.15, -0.1) is 11.3 Å². The van der Waals surface area contributed by atoms with Gasteiger partial charge >= 0.3 is 0 Å². The zero-order chi connectivity index (χ0) is 14.8. The fourth-order valence-electron chi connectivity index (χ4n) is 1.65. The van der Waals surface area contributed by atoms with E-state index in [1.807, 2.05) is 13.8 Å². The second-order valence-corrected chi connectivity index (χ2v) is 7.27. The number of hydrogen-bond donors (Lipinski definition) is 2. The number of rotatable bonds is 5. The largest absolute Gasteiger partial charge is 0.396 e. The van der Waals surface area contributed by atoms with Gasteiger partial charge in [0.05, 0.1) is 10.6 Å². The molecule has 0 amide bonds. The van der Waals surface area contributed by atoms with E-state index in [1.54, 1.807) is 12.1 Å². The molecule has 0 aliphatic rings. The minimum atomic E-state index is -3.61. The smallest absolute Gasteiger partial charge is 0.263 e. The van der Waals surface area contributed by atoms with Crippen molar-refractivity contribution in [2.24, 2.45) is 0 Å². The number of thiazole rings is 1. The number of aromatic nitrogens is 1. The van der Waals surface area contributed by atoms with Crippen LogP contribution >= 0.6 is 11.3 Å². The molecular weight excluding hydrogens is 296 g/mol. The van der Waals surface area contributed by atoms with E-state index in [4.69, 9.17) is 5.11 Å². The van der Waals surface area contributed by atoms with Crippen LogP contribution in [0.1, 0.15) is 16.1 Å². The van der Waals surface area contributed by atoms with Gasteiger partial charge < -0.3 is 5.11 Å². The van der Waals surface area contributed by atoms with E-state index in [9.17, 15) is 8.42 Å². The van der Waals surface area contributed by atoms with Gasteiger partial charge in [0.1, 0.15) is 0 Å². The van der Waals surface area contributed by atoms with Crippen LogP contribution in [-0.4, -0.2) is 25.1 Å². The summed E-state index contributed by atoms with van der Waals surface area (Å²) in [5.74, 6) is 0. The third kappa shape index (κ3) is 3.36. The number of sulfonamides is 1. The molecule has 0 aliphatic heterocycles. The lowest BCUT2D eigenvalue weighted by atomic mass is 10.2. The van der Waals surface area contributed by atoms with Crippen LogP contribution in [0.4, 0.5) is 5.13 Å². The molecule has 1 aromatic carbocycles. The summed E-state index contributed by atoms with van der Waals surface area (Å²) in [6, 6.07) is 6.45. The normalized spacial score (nSPS) is 11.6. The van der Waals surface area contributed by atoms with Crippen molar-refractivity contribution < 1.29 is 13.5 Å². The molecule has 0 saturated carbocycles. The van der Waals surface area contributed by atoms with E-state index in [0.29, 0.717) is 11.6 Å². The number of benzene rings is 1. The van der Waals surface area contributed by atoms with Crippen LogP contribution in [0.3, 0.4) is 0 Å². The van der Waals surface area contributed by atoms with Gasteiger partial charge in [-0.1, -0.05) is 12.1 Å². The summed E-state index contributed by atoms with van der Waals surface area (Å²) in [5, 5.41) is 9.21. The summed E-state index contributed by atoms with van der Waals surface area (Å²) in [7, 11) is -3.61. The zero-order valence-electron chi connectivity index (χ0n) is 11.3. The first-order valence-electron chi connectivity index (χ1n) is 6.09. The van der Waals surface area contributed by atoms with Crippen molar-refractivity contribution in [3.05, 3.63) is 40.4 Å². The standard InChI is InChI=1S/C13H16N2O3S2/c1-9-10(2)19-13(14-9)15-20(17,18)12-5-3-11(4-6-12)7-8-16/h3-6,16H,7-8H2,1-2H3,(H,14,15). The van der Waals surface area contributed by atoms with Crippen LogP contribution in [0.5, 0.6) is 0 Å². The second kappa shape index (κ2) is 5.90. The van der Waals surface area contributed by atoms with Gasteiger partial charge in [0.15, 0.2) is 5.13 Å². The van der Waals surface area contributed by atoms with Crippen LogP contribution in [0.2, 0.25) is 0 Å². The predicted octanol–water partition coefficient (Wildman–Crippen LogP) is 2.10. The quantitative estimate of drug-likeness (QED) is 0.886. The molecule has 0 fully saturated rings. The van der Waals surface area contributed by atoms with Crippen molar-refractivity contribution in [3.63, 3.8) is 0 Å². The van der Waals surface area contributed by atoms with Crippen LogP contribution in [0, 0.1) is 13.8 Å². The van der Waals surface area contributed by atoms with E-state index in [1.165, 1.54) is 23.5 Å². The van der Waals surface area contributed by atoms with E-state index >= 15 is 0 Å². The van der Waals surface area contributed by atoms with Gasteiger partial charge in [-0.2, -0.15) is 0 Å². The molecular formula is C13H16N2O3S2. The lowest BCUT2D eigenvalue weighted by Crippen LogP contribution is -2.12. The minimum absolute atomic E-state index is 0.0437. The Morgan fingerprint density at radius 3 is 2.40 bits per heavy atom. The highest BCUT2D eigenvalue weighted by atomic mass is 32.2. The molecule has 7 heteroatoms. The Labute approximate surface area is 122 Å². The Morgan fingerprint density at radius 1 is 1.25 bits per heavy atom. The fraction of sp³-hybridized carbons (Fsp3) is 0.308.